The largest absolute Gasteiger partial charge is 0.508 e. The smallest absolute Gasteiger partial charge is 0.181 e. The summed E-state index contributed by atoms with van der Waals surface area (Å²) in [5, 5.41) is 24.0. The number of pyridine rings is 1. The molecular formula is C19H22N4O2. The lowest BCUT2D eigenvalue weighted by Gasteiger charge is -2.10. The summed E-state index contributed by atoms with van der Waals surface area (Å²) in [7, 11) is 0. The van der Waals surface area contributed by atoms with E-state index in [-0.39, 0.29) is 5.75 Å². The molecule has 1 atom stereocenters. The van der Waals surface area contributed by atoms with Crippen LogP contribution in [0, 0.1) is 0 Å². The Balaban J connectivity index is 1.84. The number of hydrogen-bond acceptors (Lipinski definition) is 5. The number of phenols is 1. The number of nitrogens with zero attached hydrogens (tertiary/aromatic N) is 4. The molecule has 0 fully saturated rings. The number of aliphatic hydroxyl groups is 1. The van der Waals surface area contributed by atoms with Crippen molar-refractivity contribution in [1.82, 2.24) is 19.7 Å². The van der Waals surface area contributed by atoms with Crippen molar-refractivity contribution in [2.75, 3.05) is 0 Å². The summed E-state index contributed by atoms with van der Waals surface area (Å²) < 4.78 is 1.78. The topological polar surface area (TPSA) is 84.1 Å². The van der Waals surface area contributed by atoms with E-state index in [4.69, 9.17) is 0 Å². The average Bonchev–Trinajstić information content (AvgIpc) is 3.04. The van der Waals surface area contributed by atoms with E-state index in [1.54, 1.807) is 35.1 Å². The van der Waals surface area contributed by atoms with Crippen LogP contribution in [0.2, 0.25) is 0 Å². The highest BCUT2D eigenvalue weighted by Gasteiger charge is 2.14. The van der Waals surface area contributed by atoms with Crippen LogP contribution in [-0.4, -0.2) is 36.1 Å². The first-order valence-electron chi connectivity index (χ1n) is 8.45. The number of aromatic hydroxyl groups is 1. The maximum Gasteiger partial charge on any atom is 0.181 e. The van der Waals surface area contributed by atoms with Gasteiger partial charge < -0.3 is 10.2 Å². The van der Waals surface area contributed by atoms with Gasteiger partial charge in [-0.05, 0) is 48.7 Å². The lowest BCUT2D eigenvalue weighted by molar-refractivity contribution is 0.144. The van der Waals surface area contributed by atoms with E-state index in [0.717, 1.165) is 23.4 Å². The summed E-state index contributed by atoms with van der Waals surface area (Å²) in [6.45, 7) is 2.36. The van der Waals surface area contributed by atoms with Crippen molar-refractivity contribution in [3.05, 3.63) is 60.2 Å². The molecule has 2 aromatic heterocycles. The number of rotatable bonds is 7. The Morgan fingerprint density at radius 3 is 2.60 bits per heavy atom. The minimum atomic E-state index is -0.452. The molecule has 2 N–H and O–H groups in total. The molecule has 1 aromatic carbocycles. The van der Waals surface area contributed by atoms with Crippen molar-refractivity contribution in [2.45, 2.75) is 38.8 Å². The van der Waals surface area contributed by atoms with Gasteiger partial charge >= 0.3 is 0 Å². The van der Waals surface area contributed by atoms with Gasteiger partial charge in [-0.1, -0.05) is 13.0 Å². The zero-order valence-corrected chi connectivity index (χ0v) is 14.2. The van der Waals surface area contributed by atoms with E-state index in [1.165, 1.54) is 0 Å². The van der Waals surface area contributed by atoms with Crippen molar-refractivity contribution >= 4 is 0 Å². The number of hydrogen-bond donors (Lipinski definition) is 2. The third-order valence-corrected chi connectivity index (χ3v) is 4.09. The molecule has 0 aliphatic carbocycles. The molecule has 25 heavy (non-hydrogen) atoms. The molecule has 0 saturated carbocycles. The fourth-order valence-electron chi connectivity index (χ4n) is 2.57. The Morgan fingerprint density at radius 1 is 1.12 bits per heavy atom. The lowest BCUT2D eigenvalue weighted by atomic mass is 10.1. The average molecular weight is 338 g/mol. The molecule has 0 unspecified atom stereocenters. The first-order valence-corrected chi connectivity index (χ1v) is 8.45. The van der Waals surface area contributed by atoms with Gasteiger partial charge in [-0.15, -0.1) is 0 Å². The fourth-order valence-corrected chi connectivity index (χ4v) is 2.57. The highest BCUT2D eigenvalue weighted by atomic mass is 16.3. The molecule has 0 aliphatic heterocycles. The zero-order valence-electron chi connectivity index (χ0n) is 14.2. The van der Waals surface area contributed by atoms with Gasteiger partial charge in [0.05, 0.1) is 12.6 Å². The van der Waals surface area contributed by atoms with Crippen LogP contribution < -0.4 is 0 Å². The number of aromatic nitrogens is 4. The van der Waals surface area contributed by atoms with Crippen LogP contribution in [0.3, 0.4) is 0 Å². The predicted octanol–water partition coefficient (Wildman–Crippen LogP) is 2.60. The number of aryl methyl sites for hydroxylation is 2. The van der Waals surface area contributed by atoms with Crippen LogP contribution in [0.5, 0.6) is 5.75 Å². The second-order valence-corrected chi connectivity index (χ2v) is 6.00. The van der Waals surface area contributed by atoms with E-state index < -0.39 is 6.10 Å². The summed E-state index contributed by atoms with van der Waals surface area (Å²) in [4.78, 5) is 8.79. The minimum Gasteiger partial charge on any atom is -0.508 e. The van der Waals surface area contributed by atoms with E-state index in [0.29, 0.717) is 25.2 Å². The molecule has 0 bridgehead atoms. The van der Waals surface area contributed by atoms with Gasteiger partial charge in [0.15, 0.2) is 5.82 Å². The molecule has 3 rings (SSSR count). The molecule has 3 aromatic rings. The first kappa shape index (κ1) is 17.1. The standard InChI is InChI=1S/C19H22N4O2/c1-2-16(24)13-23-18(10-5-14-4-3-11-20-12-14)21-19(22-23)15-6-8-17(25)9-7-15/h3-4,6-9,11-12,16,24-25H,2,5,10,13H2,1H3/t16-/m0/s1. The normalized spacial score (nSPS) is 12.2. The molecule has 0 saturated heterocycles. The maximum atomic E-state index is 10.0. The van der Waals surface area contributed by atoms with Crippen molar-refractivity contribution in [1.29, 1.82) is 0 Å². The number of phenolic OH excluding ortho intramolecular Hbond substituents is 1. The van der Waals surface area contributed by atoms with Crippen molar-refractivity contribution in [3.8, 4) is 17.1 Å². The van der Waals surface area contributed by atoms with Crippen LogP contribution in [-0.2, 0) is 19.4 Å². The summed E-state index contributed by atoms with van der Waals surface area (Å²) in [5.74, 6) is 1.64. The Kier molecular flexibility index (Phi) is 5.40. The third kappa shape index (κ3) is 4.42. The molecule has 0 amide bonds. The van der Waals surface area contributed by atoms with Gasteiger partial charge in [-0.2, -0.15) is 5.10 Å². The van der Waals surface area contributed by atoms with Gasteiger partial charge in [-0.25, -0.2) is 9.67 Å². The van der Waals surface area contributed by atoms with Gasteiger partial charge in [0.1, 0.15) is 11.6 Å². The van der Waals surface area contributed by atoms with Crippen molar-refractivity contribution < 1.29 is 10.2 Å². The molecule has 2 heterocycles. The van der Waals surface area contributed by atoms with Crippen LogP contribution in [0.4, 0.5) is 0 Å². The summed E-state index contributed by atoms with van der Waals surface area (Å²) in [6, 6.07) is 10.8. The highest BCUT2D eigenvalue weighted by molar-refractivity contribution is 5.55. The summed E-state index contributed by atoms with van der Waals surface area (Å²) in [5.41, 5.74) is 1.98. The van der Waals surface area contributed by atoms with E-state index in [2.05, 4.69) is 15.1 Å². The predicted molar refractivity (Wildman–Crippen MR) is 95.1 cm³/mol. The monoisotopic (exact) mass is 338 g/mol. The van der Waals surface area contributed by atoms with Crippen LogP contribution in [0.1, 0.15) is 24.7 Å². The molecule has 6 nitrogen and oxygen atoms in total. The summed E-state index contributed by atoms with van der Waals surface area (Å²) in [6.07, 6.45) is 5.34. The lowest BCUT2D eigenvalue weighted by Crippen LogP contribution is -2.18. The van der Waals surface area contributed by atoms with E-state index >= 15 is 0 Å². The van der Waals surface area contributed by atoms with E-state index in [9.17, 15) is 10.2 Å². The van der Waals surface area contributed by atoms with Gasteiger partial charge in [0, 0.05) is 24.4 Å². The molecule has 130 valence electrons. The molecule has 6 heteroatoms. The maximum absolute atomic E-state index is 10.0. The third-order valence-electron chi connectivity index (χ3n) is 4.09. The zero-order chi connectivity index (χ0) is 17.6. The Morgan fingerprint density at radius 2 is 1.92 bits per heavy atom. The van der Waals surface area contributed by atoms with Gasteiger partial charge in [-0.3, -0.25) is 4.98 Å². The quantitative estimate of drug-likeness (QED) is 0.692. The molecule has 0 radical (unpaired) electrons. The van der Waals surface area contributed by atoms with Crippen molar-refractivity contribution in [3.63, 3.8) is 0 Å². The Bertz CT molecular complexity index is 800. The van der Waals surface area contributed by atoms with Crippen LogP contribution >= 0.6 is 0 Å². The Labute approximate surface area is 146 Å². The first-order chi connectivity index (χ1) is 12.2. The Hall–Kier alpha value is -2.73. The number of benzene rings is 1. The second kappa shape index (κ2) is 7.90. The highest BCUT2D eigenvalue weighted by Crippen LogP contribution is 2.20. The van der Waals surface area contributed by atoms with Gasteiger partial charge in [0.25, 0.3) is 0 Å². The SMILES string of the molecule is CC[C@H](O)Cn1nc(-c2ccc(O)cc2)nc1CCc1cccnc1. The van der Waals surface area contributed by atoms with Gasteiger partial charge in [0.2, 0.25) is 0 Å². The second-order valence-electron chi connectivity index (χ2n) is 6.00. The number of aliphatic hydroxyl groups excluding tert-OH is 1. The molecule has 0 spiro atoms. The van der Waals surface area contributed by atoms with Crippen LogP contribution in [0.15, 0.2) is 48.8 Å². The molecule has 0 aliphatic rings. The minimum absolute atomic E-state index is 0.210. The van der Waals surface area contributed by atoms with E-state index in [1.807, 2.05) is 25.3 Å². The molecular weight excluding hydrogens is 316 g/mol. The summed E-state index contributed by atoms with van der Waals surface area (Å²) >= 11 is 0. The van der Waals surface area contributed by atoms with Crippen molar-refractivity contribution in [2.24, 2.45) is 0 Å². The van der Waals surface area contributed by atoms with Crippen LogP contribution in [0.25, 0.3) is 11.4 Å². The fraction of sp³-hybridized carbons (Fsp3) is 0.316.